The number of primary amides is 1. The molecule has 4 heteroatoms. The summed E-state index contributed by atoms with van der Waals surface area (Å²) in [6, 6.07) is 0.562. The first-order chi connectivity index (χ1) is 7.18. The Morgan fingerprint density at radius 3 is 2.60 bits per heavy atom. The van der Waals surface area contributed by atoms with Gasteiger partial charge in [0.2, 0.25) is 5.91 Å². The van der Waals surface area contributed by atoms with Gasteiger partial charge in [0.25, 0.3) is 0 Å². The lowest BCUT2D eigenvalue weighted by Crippen LogP contribution is -2.43. The largest absolute Gasteiger partial charge is 0.368 e. The van der Waals surface area contributed by atoms with Gasteiger partial charge in [0.15, 0.2) is 0 Å². The Morgan fingerprint density at radius 2 is 2.00 bits per heavy atom. The van der Waals surface area contributed by atoms with E-state index in [0.29, 0.717) is 6.04 Å². The molecule has 2 N–H and O–H groups in total. The van der Waals surface area contributed by atoms with Crippen LogP contribution in [0, 0.1) is 0 Å². The summed E-state index contributed by atoms with van der Waals surface area (Å²) in [7, 11) is 0. The third kappa shape index (κ3) is 2.32. The molecule has 4 nitrogen and oxygen atoms in total. The van der Waals surface area contributed by atoms with Crippen LogP contribution in [0.15, 0.2) is 0 Å². The van der Waals surface area contributed by atoms with E-state index in [2.05, 4.69) is 9.80 Å². The van der Waals surface area contributed by atoms with E-state index in [1.54, 1.807) is 0 Å². The van der Waals surface area contributed by atoms with Crippen molar-refractivity contribution >= 4 is 5.91 Å². The Hall–Kier alpha value is -0.610. The first-order valence-corrected chi connectivity index (χ1v) is 5.96. The highest BCUT2D eigenvalue weighted by atomic mass is 16.1. The highest BCUT2D eigenvalue weighted by Gasteiger charge is 2.32. The fourth-order valence-electron chi connectivity index (χ4n) is 2.70. The first-order valence-electron chi connectivity index (χ1n) is 5.96. The van der Waals surface area contributed by atoms with Crippen LogP contribution in [-0.2, 0) is 4.79 Å². The second-order valence-corrected chi connectivity index (χ2v) is 4.76. The molecular formula is C11H21N3O. The number of nitrogens with two attached hydrogens (primary N) is 1. The number of carbonyl (C=O) groups excluding carboxylic acids is 1. The monoisotopic (exact) mass is 211 g/mol. The molecule has 2 fully saturated rings. The molecule has 0 spiro atoms. The molecule has 0 aromatic carbocycles. The smallest absolute Gasteiger partial charge is 0.234 e. The van der Waals surface area contributed by atoms with Crippen LogP contribution >= 0.6 is 0 Å². The van der Waals surface area contributed by atoms with Gasteiger partial charge in [-0.2, -0.15) is 0 Å². The van der Waals surface area contributed by atoms with Crippen LogP contribution in [-0.4, -0.2) is 54.0 Å². The van der Waals surface area contributed by atoms with Crippen LogP contribution in [0.25, 0.3) is 0 Å². The van der Waals surface area contributed by atoms with Crippen LogP contribution in [0.2, 0.25) is 0 Å². The Balaban J connectivity index is 1.86. The number of hydrogen-bond donors (Lipinski definition) is 1. The molecule has 0 saturated carbocycles. The summed E-state index contributed by atoms with van der Waals surface area (Å²) >= 11 is 0. The summed E-state index contributed by atoms with van der Waals surface area (Å²) in [6.07, 6.45) is 3.86. The van der Waals surface area contributed by atoms with Gasteiger partial charge in [-0.25, -0.2) is 0 Å². The average Bonchev–Trinajstić information content (AvgIpc) is 2.86. The van der Waals surface area contributed by atoms with Crippen LogP contribution < -0.4 is 5.73 Å². The minimum atomic E-state index is -0.197. The van der Waals surface area contributed by atoms with Gasteiger partial charge in [0.05, 0.1) is 6.04 Å². The molecule has 2 saturated heterocycles. The predicted molar refractivity (Wildman–Crippen MR) is 59.4 cm³/mol. The maximum atomic E-state index is 11.1. The van der Waals surface area contributed by atoms with Crippen molar-refractivity contribution in [2.24, 2.45) is 5.73 Å². The van der Waals surface area contributed by atoms with Crippen LogP contribution in [0.3, 0.4) is 0 Å². The third-order valence-corrected chi connectivity index (χ3v) is 3.81. The Labute approximate surface area is 91.4 Å². The van der Waals surface area contributed by atoms with Gasteiger partial charge in [0.1, 0.15) is 0 Å². The quantitative estimate of drug-likeness (QED) is 0.716. The number of rotatable bonds is 3. The Bertz CT molecular complexity index is 238. The Morgan fingerprint density at radius 1 is 1.33 bits per heavy atom. The van der Waals surface area contributed by atoms with Gasteiger partial charge in [-0.1, -0.05) is 0 Å². The third-order valence-electron chi connectivity index (χ3n) is 3.81. The molecule has 2 unspecified atom stereocenters. The zero-order valence-corrected chi connectivity index (χ0v) is 9.48. The van der Waals surface area contributed by atoms with Crippen molar-refractivity contribution in [1.29, 1.82) is 0 Å². The normalized spacial score (nSPS) is 30.9. The summed E-state index contributed by atoms with van der Waals surface area (Å²) in [5, 5.41) is 0. The van der Waals surface area contributed by atoms with Gasteiger partial charge in [-0.05, 0) is 39.3 Å². The number of hydrogen-bond acceptors (Lipinski definition) is 3. The van der Waals surface area contributed by atoms with Crippen molar-refractivity contribution in [3.8, 4) is 0 Å². The maximum Gasteiger partial charge on any atom is 0.234 e. The van der Waals surface area contributed by atoms with Gasteiger partial charge in [-0.3, -0.25) is 14.6 Å². The number of nitrogens with zero attached hydrogens (tertiary/aromatic N) is 2. The molecule has 0 bridgehead atoms. The maximum absolute atomic E-state index is 11.1. The van der Waals surface area contributed by atoms with Crippen molar-refractivity contribution < 1.29 is 4.79 Å². The number of amides is 1. The molecule has 2 atom stereocenters. The highest BCUT2D eigenvalue weighted by molar-refractivity contribution is 5.79. The summed E-state index contributed by atoms with van der Waals surface area (Å²) in [4.78, 5) is 15.9. The minimum absolute atomic E-state index is 0.0994. The predicted octanol–water partition coefficient (Wildman–Crippen LogP) is 0.0303. The second kappa shape index (κ2) is 4.49. The lowest BCUT2D eigenvalue weighted by atomic mass is 10.2. The van der Waals surface area contributed by atoms with Crippen LogP contribution in [0.1, 0.15) is 26.2 Å². The first kappa shape index (κ1) is 10.9. The van der Waals surface area contributed by atoms with E-state index in [-0.39, 0.29) is 11.9 Å². The van der Waals surface area contributed by atoms with E-state index in [4.69, 9.17) is 5.73 Å². The molecule has 0 aromatic heterocycles. The average molecular weight is 211 g/mol. The molecule has 2 aliphatic heterocycles. The summed E-state index contributed by atoms with van der Waals surface area (Å²) in [5.41, 5.74) is 5.32. The zero-order chi connectivity index (χ0) is 10.8. The van der Waals surface area contributed by atoms with Crippen LogP contribution in [0.4, 0.5) is 0 Å². The van der Waals surface area contributed by atoms with E-state index < -0.39 is 0 Å². The summed E-state index contributed by atoms with van der Waals surface area (Å²) < 4.78 is 0. The van der Waals surface area contributed by atoms with E-state index in [0.717, 1.165) is 13.1 Å². The standard InChI is InChI=1S/C11H21N3O/c1-9(11(12)15)14-7-4-10(8-14)13-5-2-3-6-13/h9-10H,2-8H2,1H3,(H2,12,15). The molecule has 0 aromatic rings. The molecule has 2 heterocycles. The lowest BCUT2D eigenvalue weighted by molar-refractivity contribution is -0.122. The lowest BCUT2D eigenvalue weighted by Gasteiger charge is -2.25. The number of likely N-dealkylation sites (tertiary alicyclic amines) is 2. The number of carbonyl (C=O) groups is 1. The highest BCUT2D eigenvalue weighted by Crippen LogP contribution is 2.21. The molecule has 2 aliphatic rings. The van der Waals surface area contributed by atoms with Gasteiger partial charge in [-0.15, -0.1) is 0 Å². The van der Waals surface area contributed by atoms with E-state index in [1.165, 1.54) is 32.4 Å². The topological polar surface area (TPSA) is 49.6 Å². The van der Waals surface area contributed by atoms with Gasteiger partial charge < -0.3 is 5.73 Å². The Kier molecular flexibility index (Phi) is 3.26. The van der Waals surface area contributed by atoms with Gasteiger partial charge >= 0.3 is 0 Å². The fourth-order valence-corrected chi connectivity index (χ4v) is 2.70. The van der Waals surface area contributed by atoms with Gasteiger partial charge in [0, 0.05) is 19.1 Å². The molecule has 15 heavy (non-hydrogen) atoms. The summed E-state index contributed by atoms with van der Waals surface area (Å²) in [5.74, 6) is -0.197. The van der Waals surface area contributed by atoms with Crippen molar-refractivity contribution in [2.75, 3.05) is 26.2 Å². The molecule has 0 aliphatic carbocycles. The summed E-state index contributed by atoms with van der Waals surface area (Å²) in [6.45, 7) is 6.43. The molecule has 86 valence electrons. The van der Waals surface area contributed by atoms with E-state index in [9.17, 15) is 4.79 Å². The molecular weight excluding hydrogens is 190 g/mol. The van der Waals surface area contributed by atoms with Crippen molar-refractivity contribution in [3.05, 3.63) is 0 Å². The molecule has 1 amide bonds. The fraction of sp³-hybridized carbons (Fsp3) is 0.909. The second-order valence-electron chi connectivity index (χ2n) is 4.76. The molecule has 2 rings (SSSR count). The zero-order valence-electron chi connectivity index (χ0n) is 9.48. The van der Waals surface area contributed by atoms with Crippen molar-refractivity contribution in [2.45, 2.75) is 38.3 Å². The van der Waals surface area contributed by atoms with Crippen molar-refractivity contribution in [3.63, 3.8) is 0 Å². The minimum Gasteiger partial charge on any atom is -0.368 e. The van der Waals surface area contributed by atoms with E-state index in [1.807, 2.05) is 6.92 Å². The van der Waals surface area contributed by atoms with E-state index >= 15 is 0 Å². The van der Waals surface area contributed by atoms with Crippen molar-refractivity contribution in [1.82, 2.24) is 9.80 Å². The molecule has 0 radical (unpaired) electrons. The SMILES string of the molecule is CC(C(N)=O)N1CCC(N2CCCC2)C1. The van der Waals surface area contributed by atoms with Crippen LogP contribution in [0.5, 0.6) is 0 Å².